The number of rotatable bonds is 7. The van der Waals surface area contributed by atoms with Crippen LogP contribution in [0, 0.1) is 20.8 Å². The van der Waals surface area contributed by atoms with E-state index >= 15 is 26.3 Å². The van der Waals surface area contributed by atoms with E-state index in [-0.39, 0.29) is 51.0 Å². The molecule has 0 aliphatic heterocycles. The van der Waals surface area contributed by atoms with Gasteiger partial charge in [0.25, 0.3) is 0 Å². The summed E-state index contributed by atoms with van der Waals surface area (Å²) in [5.41, 5.74) is 5.66. The van der Waals surface area contributed by atoms with Crippen LogP contribution in [-0.4, -0.2) is 19.5 Å². The molecule has 0 aliphatic carbocycles. The largest absolute Gasteiger partial charge is 0.417 e. The molecular weight excluding hydrogens is 843 g/mol. The van der Waals surface area contributed by atoms with E-state index in [0.717, 1.165) is 50.7 Å². The minimum absolute atomic E-state index is 0.0206. The molecule has 0 spiro atoms. The molecule has 4 nitrogen and oxygen atoms in total. The third-order valence-electron chi connectivity index (χ3n) is 12.0. The molecule has 0 radical (unpaired) electrons. The van der Waals surface area contributed by atoms with Crippen molar-refractivity contribution in [2.75, 3.05) is 0 Å². The predicted octanol–water partition coefficient (Wildman–Crippen LogP) is 15.9. The molecule has 0 fully saturated rings. The number of aromatic nitrogens is 4. The fourth-order valence-electron chi connectivity index (χ4n) is 9.29. The monoisotopic (exact) mass is 880 g/mol. The molecule has 2 aromatic heterocycles. The van der Waals surface area contributed by atoms with E-state index in [1.807, 2.05) is 104 Å². The molecule has 0 unspecified atom stereocenters. The van der Waals surface area contributed by atoms with Crippen LogP contribution in [0.25, 0.3) is 95.0 Å². The molecule has 0 saturated heterocycles. The summed E-state index contributed by atoms with van der Waals surface area (Å²) in [4.78, 5) is 14.6. The second-order valence-electron chi connectivity index (χ2n) is 16.4. The van der Waals surface area contributed by atoms with Gasteiger partial charge in [0, 0.05) is 38.6 Å². The first-order valence-electron chi connectivity index (χ1n) is 21.2. The van der Waals surface area contributed by atoms with E-state index in [2.05, 4.69) is 32.0 Å². The first kappa shape index (κ1) is 42.1. The second-order valence-corrected chi connectivity index (χ2v) is 16.4. The lowest BCUT2D eigenvalue weighted by molar-refractivity contribution is -0.137. The van der Waals surface area contributed by atoms with Crippen molar-refractivity contribution in [3.63, 3.8) is 0 Å². The van der Waals surface area contributed by atoms with Crippen LogP contribution in [0.4, 0.5) is 26.3 Å². The lowest BCUT2D eigenvalue weighted by atomic mass is 9.88. The number of fused-ring (bicyclic) bond motifs is 3. The summed E-state index contributed by atoms with van der Waals surface area (Å²) in [5, 5.41) is 1.54. The van der Waals surface area contributed by atoms with Crippen LogP contribution in [0.15, 0.2) is 176 Å². The van der Waals surface area contributed by atoms with Crippen LogP contribution in [-0.2, 0) is 12.4 Å². The van der Waals surface area contributed by atoms with Crippen molar-refractivity contribution in [2.24, 2.45) is 0 Å². The van der Waals surface area contributed by atoms with Gasteiger partial charge in [-0.1, -0.05) is 139 Å². The number of nitrogens with zero attached hydrogens (tertiary/aromatic N) is 4. The highest BCUT2D eigenvalue weighted by molar-refractivity contribution is 6.12. The number of halogens is 6. The van der Waals surface area contributed by atoms with Crippen molar-refractivity contribution in [3.8, 4) is 73.2 Å². The fourth-order valence-corrected chi connectivity index (χ4v) is 9.29. The molecule has 10 rings (SSSR count). The molecule has 0 N–H and O–H groups in total. The van der Waals surface area contributed by atoms with Gasteiger partial charge in [0.1, 0.15) is 0 Å². The number of benzene rings is 8. The van der Waals surface area contributed by atoms with Gasteiger partial charge in [-0.3, -0.25) is 0 Å². The standard InChI is InChI=1S/C56H38F6N4/c1-33-28-34(2)50(35(3)29-33)38-26-27-49-43(30-38)42-22-12-15-25-48(42)66(49)51-44(40-20-10-13-23-46(40)55(57,58)59)31-39(32-45(51)41-21-11-14-24-47(41)56(60,61)62)54-64-52(36-16-6-4-7-17-36)63-53(65-54)37-18-8-5-9-19-37/h4-32H,1-3H3. The zero-order valence-electron chi connectivity index (χ0n) is 35.8. The third kappa shape index (κ3) is 7.58. The van der Waals surface area contributed by atoms with Gasteiger partial charge >= 0.3 is 12.4 Å². The Balaban J connectivity index is 1.37. The summed E-state index contributed by atoms with van der Waals surface area (Å²) in [6, 6.07) is 49.3. The molecule has 8 aromatic carbocycles. The van der Waals surface area contributed by atoms with Gasteiger partial charge < -0.3 is 4.57 Å². The van der Waals surface area contributed by atoms with Crippen molar-refractivity contribution in [2.45, 2.75) is 33.1 Å². The minimum atomic E-state index is -4.85. The summed E-state index contributed by atoms with van der Waals surface area (Å²) in [6.45, 7) is 6.15. The Morgan fingerprint density at radius 2 is 0.818 bits per heavy atom. The lowest BCUT2D eigenvalue weighted by Gasteiger charge is -2.24. The molecule has 10 heteroatoms. The highest BCUT2D eigenvalue weighted by atomic mass is 19.4. The number of hydrogen-bond acceptors (Lipinski definition) is 3. The normalized spacial score (nSPS) is 12.0. The Morgan fingerprint density at radius 1 is 0.379 bits per heavy atom. The van der Waals surface area contributed by atoms with Gasteiger partial charge in [0.05, 0.1) is 27.8 Å². The number of para-hydroxylation sites is 1. The molecule has 10 aromatic rings. The SMILES string of the molecule is Cc1cc(C)c(-c2ccc3c(c2)c2ccccc2n3-c2c(-c3ccccc3C(F)(F)F)cc(-c3nc(-c4ccccc4)nc(-c4ccccc4)n3)cc2-c2ccccc2C(F)(F)F)c(C)c1. The molecule has 0 atom stereocenters. The Hall–Kier alpha value is -7.85. The van der Waals surface area contributed by atoms with Crippen LogP contribution >= 0.6 is 0 Å². The Bertz CT molecular complexity index is 3320. The highest BCUT2D eigenvalue weighted by Gasteiger charge is 2.37. The topological polar surface area (TPSA) is 43.6 Å². The molecule has 2 heterocycles. The highest BCUT2D eigenvalue weighted by Crippen LogP contribution is 2.49. The number of aryl methyl sites for hydroxylation is 3. The van der Waals surface area contributed by atoms with Gasteiger partial charge in [-0.05, 0) is 96.6 Å². The van der Waals surface area contributed by atoms with E-state index in [4.69, 9.17) is 15.0 Å². The van der Waals surface area contributed by atoms with Crippen LogP contribution in [0.5, 0.6) is 0 Å². The zero-order valence-corrected chi connectivity index (χ0v) is 35.8. The van der Waals surface area contributed by atoms with Crippen molar-refractivity contribution < 1.29 is 26.3 Å². The molecule has 66 heavy (non-hydrogen) atoms. The van der Waals surface area contributed by atoms with Crippen LogP contribution in [0.1, 0.15) is 27.8 Å². The quantitative estimate of drug-likeness (QED) is 0.150. The molecule has 324 valence electrons. The zero-order chi connectivity index (χ0) is 45.9. The first-order valence-corrected chi connectivity index (χ1v) is 21.2. The summed E-state index contributed by atoms with van der Waals surface area (Å²) in [5.74, 6) is 0.604. The Morgan fingerprint density at radius 3 is 1.33 bits per heavy atom. The van der Waals surface area contributed by atoms with E-state index in [9.17, 15) is 0 Å². The molecular formula is C56H38F6N4. The molecule has 0 bridgehead atoms. The van der Waals surface area contributed by atoms with Crippen molar-refractivity contribution >= 4 is 21.8 Å². The molecule has 0 amide bonds. The molecule has 0 saturated carbocycles. The summed E-state index contributed by atoms with van der Waals surface area (Å²) in [6.07, 6.45) is -9.69. The third-order valence-corrected chi connectivity index (χ3v) is 12.0. The maximum Gasteiger partial charge on any atom is 0.417 e. The van der Waals surface area contributed by atoms with Gasteiger partial charge in [0.2, 0.25) is 0 Å². The van der Waals surface area contributed by atoms with Gasteiger partial charge in [-0.15, -0.1) is 0 Å². The Labute approximate surface area is 376 Å². The number of alkyl halides is 6. The minimum Gasteiger partial charge on any atom is -0.308 e. The van der Waals surface area contributed by atoms with Gasteiger partial charge in [-0.2, -0.15) is 26.3 Å². The maximum absolute atomic E-state index is 15.4. The van der Waals surface area contributed by atoms with Gasteiger partial charge in [-0.25, -0.2) is 15.0 Å². The van der Waals surface area contributed by atoms with E-state index in [1.54, 1.807) is 16.7 Å². The van der Waals surface area contributed by atoms with Crippen molar-refractivity contribution in [3.05, 3.63) is 204 Å². The van der Waals surface area contributed by atoms with Crippen LogP contribution in [0.3, 0.4) is 0 Å². The van der Waals surface area contributed by atoms with Crippen LogP contribution < -0.4 is 0 Å². The maximum atomic E-state index is 15.4. The molecule has 0 aliphatic rings. The predicted molar refractivity (Wildman–Crippen MR) is 251 cm³/mol. The Kier molecular flexibility index (Phi) is 10.4. The summed E-state index contributed by atoms with van der Waals surface area (Å²) < 4.78 is 94.0. The van der Waals surface area contributed by atoms with E-state index in [1.165, 1.54) is 36.4 Å². The number of hydrogen-bond donors (Lipinski definition) is 0. The summed E-state index contributed by atoms with van der Waals surface area (Å²) >= 11 is 0. The van der Waals surface area contributed by atoms with Crippen molar-refractivity contribution in [1.29, 1.82) is 0 Å². The second kappa shape index (κ2) is 16.3. The van der Waals surface area contributed by atoms with Crippen molar-refractivity contribution in [1.82, 2.24) is 19.5 Å². The van der Waals surface area contributed by atoms with E-state index in [0.29, 0.717) is 22.2 Å². The first-order chi connectivity index (χ1) is 31.7. The fraction of sp³-hybridized carbons (Fsp3) is 0.0893. The smallest absolute Gasteiger partial charge is 0.308 e. The average Bonchev–Trinajstić information content (AvgIpc) is 3.64. The lowest BCUT2D eigenvalue weighted by Crippen LogP contribution is -2.11. The summed E-state index contributed by atoms with van der Waals surface area (Å²) in [7, 11) is 0. The average molecular weight is 881 g/mol. The van der Waals surface area contributed by atoms with E-state index < -0.39 is 23.5 Å². The van der Waals surface area contributed by atoms with Crippen LogP contribution in [0.2, 0.25) is 0 Å². The van der Waals surface area contributed by atoms with Gasteiger partial charge in [0.15, 0.2) is 17.5 Å².